The summed E-state index contributed by atoms with van der Waals surface area (Å²) in [6.07, 6.45) is 0.751. The molecule has 2 aromatic carbocycles. The third kappa shape index (κ3) is 3.40. The standard InChI is InChI=1S/C22H20N2O5/c1-14(24-20(26)17-8-4-5-9-18(17)21(24)27)22(28)29-13-19(25)23-11-10-15-6-2-3-7-16(15)12-23/h2-9,14H,10-13H2,1H3. The molecule has 2 aliphatic heterocycles. The molecule has 1 unspecified atom stereocenters. The summed E-state index contributed by atoms with van der Waals surface area (Å²) in [4.78, 5) is 52.4. The van der Waals surface area contributed by atoms with Crippen molar-refractivity contribution in [3.8, 4) is 0 Å². The fraction of sp³-hybridized carbons (Fsp3) is 0.273. The molecule has 0 spiro atoms. The molecule has 0 saturated carbocycles. The highest BCUT2D eigenvalue weighted by atomic mass is 16.5. The molecule has 0 aliphatic carbocycles. The number of rotatable bonds is 4. The Morgan fingerprint density at radius 3 is 2.21 bits per heavy atom. The van der Waals surface area contributed by atoms with Crippen molar-refractivity contribution < 1.29 is 23.9 Å². The van der Waals surface area contributed by atoms with E-state index in [2.05, 4.69) is 0 Å². The highest BCUT2D eigenvalue weighted by Gasteiger charge is 2.41. The average Bonchev–Trinajstić information content (AvgIpc) is 3.01. The van der Waals surface area contributed by atoms with Crippen LogP contribution in [0.4, 0.5) is 0 Å². The first-order valence-corrected chi connectivity index (χ1v) is 9.45. The summed E-state index contributed by atoms with van der Waals surface area (Å²) in [6.45, 7) is 2.03. The summed E-state index contributed by atoms with van der Waals surface area (Å²) < 4.78 is 5.14. The van der Waals surface area contributed by atoms with E-state index in [1.165, 1.54) is 12.5 Å². The number of amides is 3. The molecule has 0 bridgehead atoms. The number of carbonyl (C=O) groups excluding carboxylic acids is 4. The highest BCUT2D eigenvalue weighted by molar-refractivity contribution is 6.22. The molecule has 7 nitrogen and oxygen atoms in total. The van der Waals surface area contributed by atoms with E-state index in [4.69, 9.17) is 4.74 Å². The third-order valence-electron chi connectivity index (χ3n) is 5.38. The molecule has 2 aliphatic rings. The lowest BCUT2D eigenvalue weighted by Crippen LogP contribution is -2.45. The van der Waals surface area contributed by atoms with Crippen molar-refractivity contribution in [2.45, 2.75) is 25.9 Å². The van der Waals surface area contributed by atoms with Gasteiger partial charge in [-0.1, -0.05) is 36.4 Å². The summed E-state index contributed by atoms with van der Waals surface area (Å²) in [6, 6.07) is 13.2. The van der Waals surface area contributed by atoms with E-state index in [0.717, 1.165) is 16.9 Å². The number of esters is 1. The Morgan fingerprint density at radius 1 is 0.966 bits per heavy atom. The summed E-state index contributed by atoms with van der Waals surface area (Å²) in [5.41, 5.74) is 2.83. The smallest absolute Gasteiger partial charge is 0.329 e. The maximum Gasteiger partial charge on any atom is 0.329 e. The van der Waals surface area contributed by atoms with Crippen molar-refractivity contribution in [1.29, 1.82) is 0 Å². The van der Waals surface area contributed by atoms with Crippen LogP contribution in [-0.4, -0.2) is 52.7 Å². The second-order valence-corrected chi connectivity index (χ2v) is 7.14. The molecule has 7 heteroatoms. The van der Waals surface area contributed by atoms with Crippen LogP contribution in [0.1, 0.15) is 38.8 Å². The van der Waals surface area contributed by atoms with E-state index < -0.39 is 30.4 Å². The van der Waals surface area contributed by atoms with Gasteiger partial charge in [-0.2, -0.15) is 0 Å². The minimum atomic E-state index is -1.11. The van der Waals surface area contributed by atoms with Crippen LogP contribution in [0.25, 0.3) is 0 Å². The van der Waals surface area contributed by atoms with E-state index in [9.17, 15) is 19.2 Å². The van der Waals surface area contributed by atoms with Crippen LogP contribution in [0, 0.1) is 0 Å². The normalized spacial score (nSPS) is 16.3. The number of hydrogen-bond acceptors (Lipinski definition) is 5. The molecule has 4 rings (SSSR count). The topological polar surface area (TPSA) is 84.0 Å². The van der Waals surface area contributed by atoms with E-state index in [1.54, 1.807) is 29.2 Å². The molecule has 2 aromatic rings. The summed E-state index contributed by atoms with van der Waals surface area (Å²) in [5.74, 6) is -2.16. The van der Waals surface area contributed by atoms with Crippen molar-refractivity contribution in [3.63, 3.8) is 0 Å². The van der Waals surface area contributed by atoms with Gasteiger partial charge in [0.1, 0.15) is 6.04 Å². The Bertz CT molecular complexity index is 981. The molecule has 148 valence electrons. The number of imide groups is 1. The lowest BCUT2D eigenvalue weighted by atomic mass is 10.00. The Morgan fingerprint density at radius 2 is 1.55 bits per heavy atom. The van der Waals surface area contributed by atoms with Crippen LogP contribution >= 0.6 is 0 Å². The fourth-order valence-electron chi connectivity index (χ4n) is 3.72. The summed E-state index contributed by atoms with van der Waals surface area (Å²) in [5, 5.41) is 0. The second kappa shape index (κ2) is 7.50. The van der Waals surface area contributed by atoms with Crippen LogP contribution in [0.2, 0.25) is 0 Å². The minimum absolute atomic E-state index is 0.264. The predicted octanol–water partition coefficient (Wildman–Crippen LogP) is 1.80. The van der Waals surface area contributed by atoms with Crippen molar-refractivity contribution >= 4 is 23.7 Å². The van der Waals surface area contributed by atoms with Crippen molar-refractivity contribution in [3.05, 3.63) is 70.8 Å². The maximum atomic E-state index is 12.5. The van der Waals surface area contributed by atoms with Crippen molar-refractivity contribution in [1.82, 2.24) is 9.80 Å². The molecule has 0 aromatic heterocycles. The van der Waals surface area contributed by atoms with Gasteiger partial charge in [-0.25, -0.2) is 4.79 Å². The number of fused-ring (bicyclic) bond motifs is 2. The zero-order valence-electron chi connectivity index (χ0n) is 16.0. The van der Waals surface area contributed by atoms with Crippen LogP contribution in [0.15, 0.2) is 48.5 Å². The van der Waals surface area contributed by atoms with E-state index >= 15 is 0 Å². The number of carbonyl (C=O) groups is 4. The van der Waals surface area contributed by atoms with Crippen LogP contribution in [-0.2, 0) is 27.3 Å². The molecular formula is C22H20N2O5. The molecule has 2 heterocycles. The van der Waals surface area contributed by atoms with Crippen LogP contribution in [0.5, 0.6) is 0 Å². The van der Waals surface area contributed by atoms with Gasteiger partial charge in [0.05, 0.1) is 11.1 Å². The van der Waals surface area contributed by atoms with Gasteiger partial charge in [-0.3, -0.25) is 19.3 Å². The molecule has 0 N–H and O–H groups in total. The largest absolute Gasteiger partial charge is 0.454 e. The third-order valence-corrected chi connectivity index (χ3v) is 5.38. The minimum Gasteiger partial charge on any atom is -0.454 e. The van der Waals surface area contributed by atoms with Gasteiger partial charge in [-0.05, 0) is 36.6 Å². The lowest BCUT2D eigenvalue weighted by Gasteiger charge is -2.29. The van der Waals surface area contributed by atoms with Crippen molar-refractivity contribution in [2.75, 3.05) is 13.2 Å². The first-order chi connectivity index (χ1) is 14.0. The zero-order chi connectivity index (χ0) is 20.5. The SMILES string of the molecule is CC(C(=O)OCC(=O)N1CCc2ccccc2C1)N1C(=O)c2ccccc2C1=O. The Balaban J connectivity index is 1.36. The molecule has 1 atom stereocenters. The highest BCUT2D eigenvalue weighted by Crippen LogP contribution is 2.25. The summed E-state index contributed by atoms with van der Waals surface area (Å²) in [7, 11) is 0. The van der Waals surface area contributed by atoms with Gasteiger partial charge in [0.2, 0.25) is 0 Å². The number of benzene rings is 2. The second-order valence-electron chi connectivity index (χ2n) is 7.14. The first kappa shape index (κ1) is 18.9. The molecule has 0 fully saturated rings. The first-order valence-electron chi connectivity index (χ1n) is 9.45. The summed E-state index contributed by atoms with van der Waals surface area (Å²) >= 11 is 0. The number of hydrogen-bond donors (Lipinski definition) is 0. The molecule has 0 saturated heterocycles. The fourth-order valence-corrected chi connectivity index (χ4v) is 3.72. The molecule has 29 heavy (non-hydrogen) atoms. The molecule has 0 radical (unpaired) electrons. The molecular weight excluding hydrogens is 372 g/mol. The maximum absolute atomic E-state index is 12.5. The predicted molar refractivity (Wildman–Crippen MR) is 103 cm³/mol. The Kier molecular flexibility index (Phi) is 4.88. The number of ether oxygens (including phenoxy) is 1. The van der Waals surface area contributed by atoms with Gasteiger partial charge in [-0.15, -0.1) is 0 Å². The Labute approximate surface area is 167 Å². The van der Waals surface area contributed by atoms with E-state index in [0.29, 0.717) is 13.1 Å². The Hall–Kier alpha value is -3.48. The van der Waals surface area contributed by atoms with Gasteiger partial charge >= 0.3 is 5.97 Å². The van der Waals surface area contributed by atoms with E-state index in [-0.39, 0.29) is 17.0 Å². The van der Waals surface area contributed by atoms with E-state index in [1.807, 2.05) is 24.3 Å². The monoisotopic (exact) mass is 392 g/mol. The van der Waals surface area contributed by atoms with Gasteiger partial charge in [0.15, 0.2) is 6.61 Å². The quantitative estimate of drug-likeness (QED) is 0.585. The van der Waals surface area contributed by atoms with Crippen LogP contribution < -0.4 is 0 Å². The van der Waals surface area contributed by atoms with Gasteiger partial charge in [0.25, 0.3) is 17.7 Å². The van der Waals surface area contributed by atoms with Crippen molar-refractivity contribution in [2.24, 2.45) is 0 Å². The average molecular weight is 392 g/mol. The van der Waals surface area contributed by atoms with Gasteiger partial charge in [0, 0.05) is 13.1 Å². The number of nitrogens with zero attached hydrogens (tertiary/aromatic N) is 2. The lowest BCUT2D eigenvalue weighted by molar-refractivity contribution is -0.155. The van der Waals surface area contributed by atoms with Crippen LogP contribution in [0.3, 0.4) is 0 Å². The zero-order valence-corrected chi connectivity index (χ0v) is 16.0. The van der Waals surface area contributed by atoms with Gasteiger partial charge < -0.3 is 9.64 Å². The molecule has 3 amide bonds.